The molecule has 1 rings (SSSR count). The lowest BCUT2D eigenvalue weighted by atomic mass is 9.96. The first kappa shape index (κ1) is 12.2. The second kappa shape index (κ2) is 4.77. The van der Waals surface area contributed by atoms with Crippen LogP contribution < -0.4 is 5.73 Å². The number of hydrogen-bond donors (Lipinski definition) is 2. The summed E-state index contributed by atoms with van der Waals surface area (Å²) in [7, 11) is 0. The van der Waals surface area contributed by atoms with E-state index in [-0.39, 0.29) is 6.42 Å². The lowest BCUT2D eigenvalue weighted by molar-refractivity contribution is -0.138. The van der Waals surface area contributed by atoms with Crippen LogP contribution in [0.15, 0.2) is 12.1 Å². The Morgan fingerprint density at radius 1 is 1.50 bits per heavy atom. The number of carboxylic acids is 1. The molecule has 1 aromatic carbocycles. The summed E-state index contributed by atoms with van der Waals surface area (Å²) in [6.45, 7) is 3.74. The van der Waals surface area contributed by atoms with E-state index in [1.165, 1.54) is 0 Å². The summed E-state index contributed by atoms with van der Waals surface area (Å²) >= 11 is 0. The van der Waals surface area contributed by atoms with Crippen LogP contribution in [0.1, 0.15) is 22.3 Å². The molecular formula is C12H14N2O2. The lowest BCUT2D eigenvalue weighted by Crippen LogP contribution is -2.32. The standard InChI is InChI=1S/C12H14N2O2/c1-7-3-8(2)10(6-13)4-9(7)5-11(14)12(15)16/h3-4,11H,5,14H2,1-2H3,(H,15,16). The average molecular weight is 218 g/mol. The summed E-state index contributed by atoms with van der Waals surface area (Å²) in [5, 5.41) is 17.6. The van der Waals surface area contributed by atoms with E-state index in [2.05, 4.69) is 6.07 Å². The van der Waals surface area contributed by atoms with Crippen LogP contribution in [-0.2, 0) is 11.2 Å². The zero-order chi connectivity index (χ0) is 12.3. The SMILES string of the molecule is Cc1cc(C)c(CC(N)C(=O)O)cc1C#N. The number of benzene rings is 1. The number of rotatable bonds is 3. The largest absolute Gasteiger partial charge is 0.480 e. The molecular weight excluding hydrogens is 204 g/mol. The zero-order valence-electron chi connectivity index (χ0n) is 9.32. The predicted octanol–water partition coefficient (Wildman–Crippen LogP) is 1.13. The van der Waals surface area contributed by atoms with E-state index in [9.17, 15) is 4.79 Å². The molecule has 0 radical (unpaired) electrons. The van der Waals surface area contributed by atoms with Crippen molar-refractivity contribution in [3.05, 3.63) is 34.4 Å². The van der Waals surface area contributed by atoms with Gasteiger partial charge in [0.1, 0.15) is 6.04 Å². The second-order valence-corrected chi connectivity index (χ2v) is 3.85. The van der Waals surface area contributed by atoms with E-state index < -0.39 is 12.0 Å². The third-order valence-corrected chi connectivity index (χ3v) is 2.56. The minimum atomic E-state index is -1.03. The van der Waals surface area contributed by atoms with E-state index in [0.29, 0.717) is 5.56 Å². The molecule has 0 aliphatic heterocycles. The monoisotopic (exact) mass is 218 g/mol. The molecule has 16 heavy (non-hydrogen) atoms. The van der Waals surface area contributed by atoms with Gasteiger partial charge in [0, 0.05) is 0 Å². The molecule has 0 saturated heterocycles. The summed E-state index contributed by atoms with van der Waals surface area (Å²) in [6, 6.07) is 4.75. The van der Waals surface area contributed by atoms with E-state index in [0.717, 1.165) is 16.7 Å². The maximum atomic E-state index is 10.6. The van der Waals surface area contributed by atoms with Gasteiger partial charge in [-0.25, -0.2) is 0 Å². The Morgan fingerprint density at radius 2 is 2.12 bits per heavy atom. The molecule has 1 unspecified atom stereocenters. The van der Waals surface area contributed by atoms with Gasteiger partial charge in [0.2, 0.25) is 0 Å². The van der Waals surface area contributed by atoms with Gasteiger partial charge in [-0.2, -0.15) is 5.26 Å². The van der Waals surface area contributed by atoms with Crippen molar-refractivity contribution in [1.29, 1.82) is 5.26 Å². The fourth-order valence-corrected chi connectivity index (χ4v) is 1.56. The molecule has 1 aromatic rings. The van der Waals surface area contributed by atoms with Gasteiger partial charge in [0.05, 0.1) is 11.6 Å². The number of carbonyl (C=O) groups is 1. The average Bonchev–Trinajstić information content (AvgIpc) is 2.21. The molecule has 0 amide bonds. The molecule has 0 aromatic heterocycles. The quantitative estimate of drug-likeness (QED) is 0.796. The van der Waals surface area contributed by atoms with Gasteiger partial charge >= 0.3 is 5.97 Å². The van der Waals surface area contributed by atoms with Crippen molar-refractivity contribution in [1.82, 2.24) is 0 Å². The van der Waals surface area contributed by atoms with E-state index in [1.54, 1.807) is 6.07 Å². The van der Waals surface area contributed by atoms with E-state index >= 15 is 0 Å². The van der Waals surface area contributed by atoms with Crippen molar-refractivity contribution in [2.45, 2.75) is 26.3 Å². The van der Waals surface area contributed by atoms with Crippen molar-refractivity contribution in [2.75, 3.05) is 0 Å². The summed E-state index contributed by atoms with van der Waals surface area (Å²) in [4.78, 5) is 10.6. The molecule has 0 heterocycles. The molecule has 0 aliphatic rings. The van der Waals surface area contributed by atoms with Crippen molar-refractivity contribution in [3.8, 4) is 6.07 Å². The first-order valence-electron chi connectivity index (χ1n) is 4.94. The van der Waals surface area contributed by atoms with Crippen LogP contribution in [-0.4, -0.2) is 17.1 Å². The predicted molar refractivity (Wildman–Crippen MR) is 59.9 cm³/mol. The smallest absolute Gasteiger partial charge is 0.320 e. The maximum absolute atomic E-state index is 10.6. The Morgan fingerprint density at radius 3 is 2.62 bits per heavy atom. The molecule has 4 nitrogen and oxygen atoms in total. The number of nitrogens with zero attached hydrogens (tertiary/aromatic N) is 1. The first-order valence-corrected chi connectivity index (χ1v) is 4.94. The van der Waals surface area contributed by atoms with Gasteiger partial charge in [0.25, 0.3) is 0 Å². The highest BCUT2D eigenvalue weighted by Gasteiger charge is 2.14. The van der Waals surface area contributed by atoms with Crippen LogP contribution in [0.3, 0.4) is 0 Å². The van der Waals surface area contributed by atoms with Crippen molar-refractivity contribution >= 4 is 5.97 Å². The Kier molecular flexibility index (Phi) is 3.64. The molecule has 84 valence electrons. The molecule has 0 fully saturated rings. The topological polar surface area (TPSA) is 87.1 Å². The lowest BCUT2D eigenvalue weighted by Gasteiger charge is -2.11. The van der Waals surface area contributed by atoms with Crippen LogP contribution in [0.2, 0.25) is 0 Å². The van der Waals surface area contributed by atoms with Crippen LogP contribution in [0.4, 0.5) is 0 Å². The highest BCUT2D eigenvalue weighted by molar-refractivity contribution is 5.73. The summed E-state index contributed by atoms with van der Waals surface area (Å²) in [5.74, 6) is -1.03. The Labute approximate surface area is 94.3 Å². The third-order valence-electron chi connectivity index (χ3n) is 2.56. The minimum Gasteiger partial charge on any atom is -0.480 e. The van der Waals surface area contributed by atoms with E-state index in [4.69, 9.17) is 16.1 Å². The van der Waals surface area contributed by atoms with Crippen LogP contribution in [0.25, 0.3) is 0 Å². The van der Waals surface area contributed by atoms with Gasteiger partial charge in [-0.3, -0.25) is 4.79 Å². The Balaban J connectivity index is 3.06. The number of aliphatic carboxylic acids is 1. The summed E-state index contributed by atoms with van der Waals surface area (Å²) in [5.41, 5.74) is 8.71. The molecule has 0 bridgehead atoms. The minimum absolute atomic E-state index is 0.246. The normalized spacial score (nSPS) is 11.9. The summed E-state index contributed by atoms with van der Waals surface area (Å²) < 4.78 is 0. The van der Waals surface area contributed by atoms with Gasteiger partial charge in [-0.1, -0.05) is 6.07 Å². The van der Waals surface area contributed by atoms with Crippen molar-refractivity contribution < 1.29 is 9.90 Å². The van der Waals surface area contributed by atoms with Gasteiger partial charge in [-0.15, -0.1) is 0 Å². The van der Waals surface area contributed by atoms with Gasteiger partial charge in [0.15, 0.2) is 0 Å². The number of aryl methyl sites for hydroxylation is 2. The highest BCUT2D eigenvalue weighted by Crippen LogP contribution is 2.16. The first-order chi connectivity index (χ1) is 7.45. The number of hydrogen-bond acceptors (Lipinski definition) is 3. The van der Waals surface area contributed by atoms with E-state index in [1.807, 2.05) is 19.9 Å². The molecule has 1 atom stereocenters. The van der Waals surface area contributed by atoms with Gasteiger partial charge < -0.3 is 10.8 Å². The fourth-order valence-electron chi connectivity index (χ4n) is 1.56. The maximum Gasteiger partial charge on any atom is 0.320 e. The van der Waals surface area contributed by atoms with Crippen LogP contribution >= 0.6 is 0 Å². The molecule has 0 spiro atoms. The Hall–Kier alpha value is -1.86. The third kappa shape index (κ3) is 2.59. The number of nitrogens with two attached hydrogens (primary N) is 1. The second-order valence-electron chi connectivity index (χ2n) is 3.85. The van der Waals surface area contributed by atoms with Crippen LogP contribution in [0.5, 0.6) is 0 Å². The molecule has 3 N–H and O–H groups in total. The molecule has 0 aliphatic carbocycles. The zero-order valence-corrected chi connectivity index (χ0v) is 9.32. The number of carboxylic acid groups (broad SMARTS) is 1. The molecule has 0 saturated carbocycles. The van der Waals surface area contributed by atoms with Crippen LogP contribution in [0, 0.1) is 25.2 Å². The highest BCUT2D eigenvalue weighted by atomic mass is 16.4. The van der Waals surface area contributed by atoms with Gasteiger partial charge in [-0.05, 0) is 43.0 Å². The summed E-state index contributed by atoms with van der Waals surface area (Å²) in [6.07, 6.45) is 0.246. The van der Waals surface area contributed by atoms with Crippen molar-refractivity contribution in [2.24, 2.45) is 5.73 Å². The molecule has 4 heteroatoms. The van der Waals surface area contributed by atoms with Crippen molar-refractivity contribution in [3.63, 3.8) is 0 Å². The Bertz CT molecular complexity index is 461. The fraction of sp³-hybridized carbons (Fsp3) is 0.333. The number of nitriles is 1.